The molecule has 3 rings (SSSR count). The van der Waals surface area contributed by atoms with Gasteiger partial charge in [0.25, 0.3) is 5.56 Å². The van der Waals surface area contributed by atoms with E-state index in [4.69, 9.17) is 0 Å². The summed E-state index contributed by atoms with van der Waals surface area (Å²) in [5.41, 5.74) is 2.37. The molecule has 5 heteroatoms. The zero-order chi connectivity index (χ0) is 12.7. The lowest BCUT2D eigenvalue weighted by atomic mass is 10.3. The highest BCUT2D eigenvalue weighted by Gasteiger charge is 2.11. The number of aromatic amines is 1. The number of pyridine rings is 1. The molecule has 0 saturated carbocycles. The van der Waals surface area contributed by atoms with E-state index in [9.17, 15) is 4.79 Å². The van der Waals surface area contributed by atoms with E-state index in [-0.39, 0.29) is 5.56 Å². The molecule has 1 aromatic carbocycles. The third-order valence-electron chi connectivity index (χ3n) is 2.83. The van der Waals surface area contributed by atoms with E-state index in [0.717, 1.165) is 16.8 Å². The molecule has 0 amide bonds. The molecule has 4 nitrogen and oxygen atoms in total. The minimum Gasteiger partial charge on any atom is -0.305 e. The van der Waals surface area contributed by atoms with Crippen molar-refractivity contribution in [3.8, 4) is 5.69 Å². The van der Waals surface area contributed by atoms with Gasteiger partial charge in [-0.3, -0.25) is 4.79 Å². The average molecular weight is 304 g/mol. The largest absolute Gasteiger partial charge is 0.305 e. The van der Waals surface area contributed by atoms with Crippen LogP contribution in [0, 0.1) is 6.92 Å². The molecule has 0 atom stereocenters. The lowest BCUT2D eigenvalue weighted by Gasteiger charge is -2.02. The van der Waals surface area contributed by atoms with Crippen LogP contribution in [0.4, 0.5) is 0 Å². The lowest BCUT2D eigenvalue weighted by Crippen LogP contribution is -2.08. The summed E-state index contributed by atoms with van der Waals surface area (Å²) in [6.45, 7) is 1.92. The Hall–Kier alpha value is -1.88. The van der Waals surface area contributed by atoms with Crippen molar-refractivity contribution in [2.75, 3.05) is 0 Å². The first-order valence-electron chi connectivity index (χ1n) is 5.50. The third-order valence-corrected chi connectivity index (χ3v) is 3.42. The Balaban J connectivity index is 2.38. The van der Waals surface area contributed by atoms with Crippen molar-refractivity contribution in [3.05, 3.63) is 56.9 Å². The van der Waals surface area contributed by atoms with Gasteiger partial charge in [0.15, 0.2) is 0 Å². The standard InChI is InChI=1S/C13H10BrN3O/c1-8-10-7-11(14)13(18)15-12(10)17(16-8)9-5-3-2-4-6-9/h2-7H,1H3,(H,15,18). The number of para-hydroxylation sites is 1. The second-order valence-corrected chi connectivity index (χ2v) is 4.90. The van der Waals surface area contributed by atoms with Gasteiger partial charge in [0.1, 0.15) is 5.65 Å². The van der Waals surface area contributed by atoms with E-state index in [1.807, 2.05) is 37.3 Å². The Morgan fingerprint density at radius 1 is 1.28 bits per heavy atom. The van der Waals surface area contributed by atoms with E-state index >= 15 is 0 Å². The Morgan fingerprint density at radius 2 is 2.00 bits per heavy atom. The van der Waals surface area contributed by atoms with Crippen LogP contribution in [0.5, 0.6) is 0 Å². The van der Waals surface area contributed by atoms with Crippen molar-refractivity contribution in [2.24, 2.45) is 0 Å². The molecule has 0 radical (unpaired) electrons. The van der Waals surface area contributed by atoms with E-state index in [1.165, 1.54) is 0 Å². The van der Waals surface area contributed by atoms with Crippen LogP contribution in [0.3, 0.4) is 0 Å². The molecule has 0 spiro atoms. The normalized spacial score (nSPS) is 11.0. The molecular formula is C13H10BrN3O. The maximum Gasteiger partial charge on any atom is 0.263 e. The zero-order valence-corrected chi connectivity index (χ0v) is 11.2. The fraction of sp³-hybridized carbons (Fsp3) is 0.0769. The summed E-state index contributed by atoms with van der Waals surface area (Å²) < 4.78 is 2.27. The minimum absolute atomic E-state index is 0.153. The second kappa shape index (κ2) is 4.10. The number of nitrogens with one attached hydrogen (secondary N) is 1. The van der Waals surface area contributed by atoms with Gasteiger partial charge in [-0.15, -0.1) is 0 Å². The first-order chi connectivity index (χ1) is 8.66. The quantitative estimate of drug-likeness (QED) is 0.751. The number of fused-ring (bicyclic) bond motifs is 1. The van der Waals surface area contributed by atoms with Gasteiger partial charge >= 0.3 is 0 Å². The predicted octanol–water partition coefficient (Wildman–Crippen LogP) is 2.78. The van der Waals surface area contributed by atoms with Crippen LogP contribution >= 0.6 is 15.9 Å². The molecule has 3 aromatic rings. The van der Waals surface area contributed by atoms with Crippen LogP contribution in [0.15, 0.2) is 45.7 Å². The molecule has 18 heavy (non-hydrogen) atoms. The maximum atomic E-state index is 11.7. The van der Waals surface area contributed by atoms with Gasteiger partial charge in [-0.05, 0) is 41.1 Å². The van der Waals surface area contributed by atoms with Crippen molar-refractivity contribution in [2.45, 2.75) is 6.92 Å². The fourth-order valence-corrected chi connectivity index (χ4v) is 2.28. The molecule has 0 bridgehead atoms. The first kappa shape index (κ1) is 11.2. The van der Waals surface area contributed by atoms with Gasteiger partial charge in [0, 0.05) is 5.39 Å². The Labute approximate surface area is 111 Å². The summed E-state index contributed by atoms with van der Waals surface area (Å²) in [7, 11) is 0. The molecular weight excluding hydrogens is 294 g/mol. The van der Waals surface area contributed by atoms with E-state index in [1.54, 1.807) is 10.7 Å². The summed E-state index contributed by atoms with van der Waals surface area (Å²) >= 11 is 3.24. The van der Waals surface area contributed by atoms with Gasteiger partial charge < -0.3 is 4.98 Å². The van der Waals surface area contributed by atoms with Crippen LogP contribution in [-0.2, 0) is 0 Å². The fourth-order valence-electron chi connectivity index (χ4n) is 1.95. The van der Waals surface area contributed by atoms with E-state index in [0.29, 0.717) is 10.1 Å². The zero-order valence-electron chi connectivity index (χ0n) is 9.64. The number of H-pyrrole nitrogens is 1. The monoisotopic (exact) mass is 303 g/mol. The van der Waals surface area contributed by atoms with Crippen molar-refractivity contribution in [3.63, 3.8) is 0 Å². The summed E-state index contributed by atoms with van der Waals surface area (Å²) in [5, 5.41) is 5.40. The topological polar surface area (TPSA) is 50.7 Å². The van der Waals surface area contributed by atoms with Gasteiger partial charge in [0.2, 0.25) is 0 Å². The predicted molar refractivity (Wildman–Crippen MR) is 74.1 cm³/mol. The van der Waals surface area contributed by atoms with Crippen molar-refractivity contribution >= 4 is 27.0 Å². The molecule has 90 valence electrons. The molecule has 1 N–H and O–H groups in total. The third kappa shape index (κ3) is 1.67. The van der Waals surface area contributed by atoms with Crippen molar-refractivity contribution in [1.29, 1.82) is 0 Å². The molecule has 0 fully saturated rings. The van der Waals surface area contributed by atoms with E-state index in [2.05, 4.69) is 26.0 Å². The number of halogens is 1. The number of aryl methyl sites for hydroxylation is 1. The molecule has 2 aromatic heterocycles. The van der Waals surface area contributed by atoms with Gasteiger partial charge in [-0.25, -0.2) is 4.68 Å². The minimum atomic E-state index is -0.153. The van der Waals surface area contributed by atoms with Crippen LogP contribution < -0.4 is 5.56 Å². The highest BCUT2D eigenvalue weighted by atomic mass is 79.9. The smallest absolute Gasteiger partial charge is 0.263 e. The number of nitrogens with zero attached hydrogens (tertiary/aromatic N) is 2. The number of hydrogen-bond donors (Lipinski definition) is 1. The second-order valence-electron chi connectivity index (χ2n) is 4.04. The van der Waals surface area contributed by atoms with E-state index < -0.39 is 0 Å². The first-order valence-corrected chi connectivity index (χ1v) is 6.29. The van der Waals surface area contributed by atoms with Gasteiger partial charge in [-0.2, -0.15) is 5.10 Å². The van der Waals surface area contributed by atoms with Crippen molar-refractivity contribution < 1.29 is 0 Å². The summed E-state index contributed by atoms with van der Waals surface area (Å²) in [6, 6.07) is 11.5. The molecule has 2 heterocycles. The maximum absolute atomic E-state index is 11.7. The van der Waals surface area contributed by atoms with Crippen LogP contribution in [0.1, 0.15) is 5.69 Å². The van der Waals surface area contributed by atoms with Gasteiger partial charge in [0.05, 0.1) is 15.9 Å². The Kier molecular flexibility index (Phi) is 2.56. The highest BCUT2D eigenvalue weighted by molar-refractivity contribution is 9.10. The van der Waals surface area contributed by atoms with Gasteiger partial charge in [-0.1, -0.05) is 18.2 Å². The van der Waals surface area contributed by atoms with Crippen molar-refractivity contribution in [1.82, 2.24) is 14.8 Å². The average Bonchev–Trinajstić information content (AvgIpc) is 2.69. The SMILES string of the molecule is Cc1nn(-c2ccccc2)c2[nH]c(=O)c(Br)cc12. The molecule has 0 unspecified atom stereocenters. The number of hydrogen-bond acceptors (Lipinski definition) is 2. The van der Waals surface area contributed by atoms with Crippen LogP contribution in [-0.4, -0.2) is 14.8 Å². The summed E-state index contributed by atoms with van der Waals surface area (Å²) in [4.78, 5) is 14.5. The summed E-state index contributed by atoms with van der Waals surface area (Å²) in [5.74, 6) is 0. The molecule has 0 aliphatic heterocycles. The number of benzene rings is 1. The van der Waals surface area contributed by atoms with Crippen LogP contribution in [0.2, 0.25) is 0 Å². The Morgan fingerprint density at radius 3 is 2.72 bits per heavy atom. The lowest BCUT2D eigenvalue weighted by molar-refractivity contribution is 0.875. The molecule has 0 aliphatic rings. The van der Waals surface area contributed by atoms with Crippen LogP contribution in [0.25, 0.3) is 16.7 Å². The highest BCUT2D eigenvalue weighted by Crippen LogP contribution is 2.20. The molecule has 0 aliphatic carbocycles. The molecule has 0 saturated heterocycles. The Bertz CT molecular complexity index is 774. The number of aromatic nitrogens is 3. The number of rotatable bonds is 1. The summed E-state index contributed by atoms with van der Waals surface area (Å²) in [6.07, 6.45) is 0.